The third-order valence-corrected chi connectivity index (χ3v) is 5.43. The van der Waals surface area contributed by atoms with Crippen LogP contribution < -0.4 is 5.32 Å². The Kier molecular flexibility index (Phi) is 9.89. The molecule has 1 saturated heterocycles. The Labute approximate surface area is 181 Å². The second kappa shape index (κ2) is 12.4. The fourth-order valence-corrected chi connectivity index (χ4v) is 3.81. The lowest BCUT2D eigenvalue weighted by molar-refractivity contribution is -0.135. The lowest BCUT2D eigenvalue weighted by Gasteiger charge is -2.27. The largest absolute Gasteiger partial charge is 0.483 e. The van der Waals surface area contributed by atoms with E-state index in [0.717, 1.165) is 25.2 Å². The molecule has 2 aliphatic rings. The van der Waals surface area contributed by atoms with Crippen LogP contribution in [-0.4, -0.2) is 95.5 Å². The fourth-order valence-electron chi connectivity index (χ4n) is 3.81. The van der Waals surface area contributed by atoms with Crippen molar-refractivity contribution in [2.45, 2.75) is 44.9 Å². The third-order valence-electron chi connectivity index (χ3n) is 5.43. The van der Waals surface area contributed by atoms with Crippen molar-refractivity contribution in [3.63, 3.8) is 0 Å². The molecule has 0 unspecified atom stereocenters. The number of nitrogens with zero attached hydrogens (tertiary/aromatic N) is 3. The molecule has 1 aromatic heterocycles. The minimum atomic E-state index is -0.715. The molecule has 1 aliphatic carbocycles. The van der Waals surface area contributed by atoms with Gasteiger partial charge in [-0.2, -0.15) is 0 Å². The minimum absolute atomic E-state index is 0.0570. The Morgan fingerprint density at radius 3 is 2.65 bits per heavy atom. The first kappa shape index (κ1) is 24.8. The van der Waals surface area contributed by atoms with Gasteiger partial charge in [-0.1, -0.05) is 12.1 Å². The summed E-state index contributed by atoms with van der Waals surface area (Å²) in [5.41, 5.74) is 0.857. The molecule has 3 atom stereocenters. The zero-order valence-electron chi connectivity index (χ0n) is 18.0. The molecule has 0 bridgehead atoms. The van der Waals surface area contributed by atoms with Crippen molar-refractivity contribution in [3.05, 3.63) is 17.5 Å². The molecule has 3 N–H and O–H groups in total. The van der Waals surface area contributed by atoms with Gasteiger partial charge < -0.3 is 29.7 Å². The summed E-state index contributed by atoms with van der Waals surface area (Å²) in [6, 6.07) is 1.45. The molecule has 3 rings (SSSR count). The van der Waals surface area contributed by atoms with E-state index in [1.54, 1.807) is 11.9 Å². The van der Waals surface area contributed by atoms with E-state index in [4.69, 9.17) is 19.2 Å². The summed E-state index contributed by atoms with van der Waals surface area (Å²) in [7, 11) is 1.72. The molecular weight excluding hydrogens is 408 g/mol. The number of carbonyl (C=O) groups excluding carboxylic acids is 2. The second-order valence-electron chi connectivity index (χ2n) is 7.74. The molecule has 1 aliphatic heterocycles. The van der Waals surface area contributed by atoms with E-state index in [9.17, 15) is 14.7 Å². The fraction of sp³-hybridized carbons (Fsp3) is 0.700. The first-order chi connectivity index (χ1) is 14.9. The maximum atomic E-state index is 12.7. The van der Waals surface area contributed by atoms with Crippen LogP contribution in [0.25, 0.3) is 0 Å². The van der Waals surface area contributed by atoms with Crippen LogP contribution in [0.1, 0.15) is 31.2 Å². The van der Waals surface area contributed by atoms with E-state index < -0.39 is 12.1 Å². The van der Waals surface area contributed by atoms with Gasteiger partial charge in [-0.25, -0.2) is 0 Å². The summed E-state index contributed by atoms with van der Waals surface area (Å²) in [5.74, 6) is 0.142. The number of amides is 2. The van der Waals surface area contributed by atoms with E-state index in [0.29, 0.717) is 38.4 Å². The first-order valence-electron chi connectivity index (χ1n) is 10.4. The van der Waals surface area contributed by atoms with Crippen molar-refractivity contribution < 1.29 is 33.9 Å². The number of carbonyl (C=O) groups is 3. The quantitative estimate of drug-likeness (QED) is 0.477. The highest BCUT2D eigenvalue weighted by Crippen LogP contribution is 2.28. The van der Waals surface area contributed by atoms with Gasteiger partial charge in [0.1, 0.15) is 0 Å². The normalized spacial score (nSPS) is 23.5. The van der Waals surface area contributed by atoms with Crippen LogP contribution in [0.15, 0.2) is 10.6 Å². The summed E-state index contributed by atoms with van der Waals surface area (Å²) in [5, 5.41) is 24.0. The topological polar surface area (TPSA) is 145 Å². The number of morpholine rings is 1. The third kappa shape index (κ3) is 7.60. The van der Waals surface area contributed by atoms with Crippen LogP contribution in [0.3, 0.4) is 0 Å². The monoisotopic (exact) mass is 440 g/mol. The number of aromatic nitrogens is 1. The summed E-state index contributed by atoms with van der Waals surface area (Å²) in [6.45, 7) is 5.09. The van der Waals surface area contributed by atoms with Gasteiger partial charge in [0.05, 0.1) is 44.1 Å². The molecule has 11 heteroatoms. The van der Waals surface area contributed by atoms with E-state index >= 15 is 0 Å². The molecule has 11 nitrogen and oxygen atoms in total. The standard InChI is InChI=1S/C19H30N4O5.CH2O2/c1-3-14-10-15(28-21-14)11-22(2)19(26)13-8-16(17(24)9-13)20-18(25)12-23-4-6-27-7-5-23;2-1-3/h10,13,16-17,24H,3-9,11-12H2,1-2H3,(H,20,25);1H,(H,2,3)/t13-,16-,17-;/m0./s1. The summed E-state index contributed by atoms with van der Waals surface area (Å²) in [4.78, 5) is 37.0. The number of hydrogen-bond acceptors (Lipinski definition) is 8. The molecule has 2 amide bonds. The zero-order chi connectivity index (χ0) is 22.8. The number of aliphatic hydroxyl groups is 1. The van der Waals surface area contributed by atoms with Gasteiger partial charge in [0.2, 0.25) is 11.8 Å². The Morgan fingerprint density at radius 1 is 1.35 bits per heavy atom. The van der Waals surface area contributed by atoms with E-state index in [1.807, 2.05) is 17.9 Å². The summed E-state index contributed by atoms with van der Waals surface area (Å²) < 4.78 is 10.5. The summed E-state index contributed by atoms with van der Waals surface area (Å²) in [6.07, 6.45) is 0.854. The van der Waals surface area contributed by atoms with Crippen LogP contribution >= 0.6 is 0 Å². The molecule has 1 aromatic rings. The maximum Gasteiger partial charge on any atom is 0.290 e. The van der Waals surface area contributed by atoms with Crippen molar-refractivity contribution in [3.8, 4) is 0 Å². The smallest absolute Gasteiger partial charge is 0.290 e. The predicted molar refractivity (Wildman–Crippen MR) is 109 cm³/mol. The van der Waals surface area contributed by atoms with Gasteiger partial charge in [0.25, 0.3) is 6.47 Å². The molecule has 0 spiro atoms. The zero-order valence-corrected chi connectivity index (χ0v) is 18.0. The van der Waals surface area contributed by atoms with Gasteiger partial charge in [-0.05, 0) is 19.3 Å². The number of aliphatic hydroxyl groups excluding tert-OH is 1. The van der Waals surface area contributed by atoms with Gasteiger partial charge in [-0.3, -0.25) is 19.3 Å². The van der Waals surface area contributed by atoms with Crippen molar-refractivity contribution in [2.24, 2.45) is 5.92 Å². The van der Waals surface area contributed by atoms with Crippen LogP contribution in [0, 0.1) is 5.92 Å². The van der Waals surface area contributed by atoms with E-state index in [1.165, 1.54) is 0 Å². The molecule has 174 valence electrons. The molecule has 0 aromatic carbocycles. The average Bonchev–Trinajstić information content (AvgIpc) is 3.35. The molecule has 2 fully saturated rings. The van der Waals surface area contributed by atoms with Gasteiger partial charge in [-0.15, -0.1) is 0 Å². The van der Waals surface area contributed by atoms with Crippen molar-refractivity contribution >= 4 is 18.3 Å². The van der Waals surface area contributed by atoms with Crippen molar-refractivity contribution in [2.75, 3.05) is 39.9 Å². The minimum Gasteiger partial charge on any atom is -0.483 e. The predicted octanol–water partition coefficient (Wildman–Crippen LogP) is -0.516. The van der Waals surface area contributed by atoms with E-state index in [2.05, 4.69) is 10.5 Å². The Balaban J connectivity index is 0.00000107. The van der Waals surface area contributed by atoms with Gasteiger partial charge in [0, 0.05) is 32.1 Å². The Morgan fingerprint density at radius 2 is 2.03 bits per heavy atom. The number of ether oxygens (including phenoxy) is 1. The van der Waals surface area contributed by atoms with Crippen LogP contribution in [-0.2, 0) is 32.1 Å². The Bertz CT molecular complexity index is 720. The molecular formula is C20H32N4O7. The number of hydrogen-bond donors (Lipinski definition) is 3. The lowest BCUT2D eigenvalue weighted by Crippen LogP contribution is -2.47. The van der Waals surface area contributed by atoms with Crippen LogP contribution in [0.2, 0.25) is 0 Å². The highest BCUT2D eigenvalue weighted by molar-refractivity contribution is 5.80. The van der Waals surface area contributed by atoms with Crippen LogP contribution in [0.5, 0.6) is 0 Å². The lowest BCUT2D eigenvalue weighted by atomic mass is 10.1. The number of aryl methyl sites for hydroxylation is 1. The second-order valence-corrected chi connectivity index (χ2v) is 7.74. The van der Waals surface area contributed by atoms with Crippen molar-refractivity contribution in [1.29, 1.82) is 0 Å². The Hall–Kier alpha value is -2.50. The van der Waals surface area contributed by atoms with Crippen molar-refractivity contribution in [1.82, 2.24) is 20.3 Å². The molecule has 31 heavy (non-hydrogen) atoms. The summed E-state index contributed by atoms with van der Waals surface area (Å²) >= 11 is 0. The number of rotatable bonds is 7. The molecule has 1 saturated carbocycles. The number of nitrogens with one attached hydrogen (secondary N) is 1. The average molecular weight is 440 g/mol. The van der Waals surface area contributed by atoms with Gasteiger partial charge in [0.15, 0.2) is 5.76 Å². The van der Waals surface area contributed by atoms with Crippen LogP contribution in [0.4, 0.5) is 0 Å². The SMILES string of the molecule is CCc1cc(CN(C)C(=O)[C@H]2C[C@H](NC(=O)CN3CCOCC3)[C@@H](O)C2)on1.O=CO. The van der Waals surface area contributed by atoms with Gasteiger partial charge >= 0.3 is 0 Å². The first-order valence-corrected chi connectivity index (χ1v) is 10.4. The number of carboxylic acid groups (broad SMARTS) is 1. The molecule has 0 radical (unpaired) electrons. The highest BCUT2D eigenvalue weighted by Gasteiger charge is 2.39. The maximum absolute atomic E-state index is 12.7. The highest BCUT2D eigenvalue weighted by atomic mass is 16.5. The molecule has 2 heterocycles. The van der Waals surface area contributed by atoms with E-state index in [-0.39, 0.29) is 30.7 Å².